The smallest absolute Gasteiger partial charge is 0.255 e. The van der Waals surface area contributed by atoms with Crippen LogP contribution in [0.4, 0.5) is 34.3 Å². The molecule has 0 radical (unpaired) electrons. The van der Waals surface area contributed by atoms with E-state index in [0.29, 0.717) is 0 Å². The van der Waals surface area contributed by atoms with Gasteiger partial charge in [-0.1, -0.05) is 123 Å². The predicted molar refractivity (Wildman–Crippen MR) is 215 cm³/mol. The van der Waals surface area contributed by atoms with Gasteiger partial charge in [-0.15, -0.1) is 0 Å². The monoisotopic (exact) mass is 651 g/mol. The average Bonchev–Trinajstić information content (AvgIpc) is 3.64. The molecule has 0 fully saturated rings. The van der Waals surface area contributed by atoms with Crippen molar-refractivity contribution in [2.45, 2.75) is 19.3 Å². The van der Waals surface area contributed by atoms with Crippen LogP contribution in [-0.2, 0) is 5.41 Å². The van der Waals surface area contributed by atoms with Crippen LogP contribution in [0.15, 0.2) is 170 Å². The van der Waals surface area contributed by atoms with Crippen LogP contribution in [0.2, 0.25) is 0 Å². The Morgan fingerprint density at radius 3 is 1.75 bits per heavy atom. The zero-order chi connectivity index (χ0) is 33.8. The van der Waals surface area contributed by atoms with E-state index in [9.17, 15) is 0 Å². The van der Waals surface area contributed by atoms with Crippen molar-refractivity contribution in [2.75, 3.05) is 9.80 Å². The van der Waals surface area contributed by atoms with Crippen LogP contribution in [0.5, 0.6) is 0 Å². The van der Waals surface area contributed by atoms with Gasteiger partial charge in [-0.2, -0.15) is 0 Å². The van der Waals surface area contributed by atoms with Gasteiger partial charge in [0.25, 0.3) is 6.71 Å². The van der Waals surface area contributed by atoms with Crippen LogP contribution in [-0.4, -0.2) is 11.3 Å². The van der Waals surface area contributed by atoms with E-state index in [2.05, 4.69) is 198 Å². The van der Waals surface area contributed by atoms with Gasteiger partial charge in [0.15, 0.2) is 0 Å². The van der Waals surface area contributed by atoms with E-state index in [4.69, 9.17) is 0 Å². The van der Waals surface area contributed by atoms with Crippen molar-refractivity contribution in [3.63, 3.8) is 0 Å². The largest absolute Gasteiger partial charge is 0.311 e. The minimum Gasteiger partial charge on any atom is -0.311 e. The van der Waals surface area contributed by atoms with Crippen molar-refractivity contribution >= 4 is 68.3 Å². The second-order valence-corrected chi connectivity index (χ2v) is 14.5. The Hall–Kier alpha value is -6.26. The molecule has 0 N–H and O–H groups in total. The molecule has 0 amide bonds. The summed E-state index contributed by atoms with van der Waals surface area (Å²) in [6.45, 7) is 4.79. The highest BCUT2D eigenvalue weighted by atomic mass is 15.3. The van der Waals surface area contributed by atoms with E-state index >= 15 is 0 Å². The molecule has 1 aliphatic carbocycles. The van der Waals surface area contributed by atoms with E-state index in [0.717, 1.165) is 17.1 Å². The lowest BCUT2D eigenvalue weighted by molar-refractivity contribution is 0.661. The summed E-state index contributed by atoms with van der Waals surface area (Å²) < 4.78 is 2.54. The Morgan fingerprint density at radius 2 is 1.02 bits per heavy atom. The quantitative estimate of drug-likeness (QED) is 0.176. The number of fused-ring (bicyclic) bond motifs is 10. The average molecular weight is 652 g/mol. The topological polar surface area (TPSA) is 11.4 Å². The SMILES string of the molecule is CC1(C)c2ccccc2-c2c1ccc1c2c2c(n1-c1ccccc1)N(c1ccccc1)c1cccc3c1B2c1ccccc1N3c1ccccc1. The summed E-state index contributed by atoms with van der Waals surface area (Å²) in [5, 5.41) is 1.35. The maximum absolute atomic E-state index is 2.54. The van der Waals surface area contributed by atoms with Gasteiger partial charge in [0.05, 0.1) is 5.52 Å². The third-order valence-corrected chi connectivity index (χ3v) is 11.6. The van der Waals surface area contributed by atoms with Gasteiger partial charge in [-0.3, -0.25) is 9.47 Å². The van der Waals surface area contributed by atoms with Gasteiger partial charge in [0.1, 0.15) is 5.82 Å². The highest BCUT2D eigenvalue weighted by Gasteiger charge is 2.48. The van der Waals surface area contributed by atoms with Crippen LogP contribution < -0.4 is 26.2 Å². The second-order valence-electron chi connectivity index (χ2n) is 14.5. The third kappa shape index (κ3) is 3.74. The van der Waals surface area contributed by atoms with Crippen molar-refractivity contribution in [3.8, 4) is 16.8 Å². The Labute approximate surface area is 298 Å². The molecule has 0 bridgehead atoms. The van der Waals surface area contributed by atoms with Crippen molar-refractivity contribution in [2.24, 2.45) is 0 Å². The van der Waals surface area contributed by atoms with Crippen molar-refractivity contribution in [1.29, 1.82) is 0 Å². The summed E-state index contributed by atoms with van der Waals surface area (Å²) in [6, 6.07) is 62.6. The minimum absolute atomic E-state index is 0.0113. The standard InChI is InChI=1S/C47H34BN3/c1-47(2)35-24-13-12-23-34(35)42-36(47)29-30-39-43(42)45-46(50(39)32-19-8-4-9-20-32)51(33-21-10-5-11-22-33)41-28-16-27-40-44(41)48(45)37-25-14-15-26-38(37)49(40)31-17-6-3-7-18-31/h3-30H,1-2H3. The van der Waals surface area contributed by atoms with E-state index in [1.807, 2.05) is 0 Å². The molecule has 4 heteroatoms. The first-order valence-electron chi connectivity index (χ1n) is 17.9. The van der Waals surface area contributed by atoms with Gasteiger partial charge >= 0.3 is 0 Å². The maximum atomic E-state index is 2.54. The molecule has 11 rings (SSSR count). The second kappa shape index (κ2) is 10.4. The fourth-order valence-electron chi connectivity index (χ4n) is 9.48. The lowest BCUT2D eigenvalue weighted by atomic mass is 9.33. The molecule has 7 aromatic carbocycles. The van der Waals surface area contributed by atoms with Crippen molar-refractivity contribution in [1.82, 2.24) is 4.57 Å². The van der Waals surface area contributed by atoms with Gasteiger partial charge in [-0.25, -0.2) is 0 Å². The fourth-order valence-corrected chi connectivity index (χ4v) is 9.48. The summed E-state index contributed by atoms with van der Waals surface area (Å²) in [5.41, 5.74) is 17.8. The molecule has 2 aliphatic heterocycles. The van der Waals surface area contributed by atoms with Gasteiger partial charge in [-0.05, 0) is 99.3 Å². The molecule has 3 heterocycles. The lowest BCUT2D eigenvalue weighted by Gasteiger charge is -2.43. The van der Waals surface area contributed by atoms with E-state index < -0.39 is 0 Å². The molecule has 8 aromatic rings. The number of aromatic nitrogens is 1. The van der Waals surface area contributed by atoms with Crippen LogP contribution in [0.3, 0.4) is 0 Å². The molecule has 0 saturated carbocycles. The first-order valence-corrected chi connectivity index (χ1v) is 17.9. The molecule has 0 unspecified atom stereocenters. The maximum Gasteiger partial charge on any atom is 0.255 e. The van der Waals surface area contributed by atoms with Crippen LogP contribution in [0.25, 0.3) is 27.7 Å². The number of nitrogens with zero attached hydrogens (tertiary/aromatic N) is 3. The number of rotatable bonds is 3. The summed E-state index contributed by atoms with van der Waals surface area (Å²) in [7, 11) is 0. The van der Waals surface area contributed by atoms with E-state index in [-0.39, 0.29) is 12.1 Å². The molecular weight excluding hydrogens is 617 g/mol. The highest BCUT2D eigenvalue weighted by Crippen LogP contribution is 2.54. The summed E-state index contributed by atoms with van der Waals surface area (Å²) in [4.78, 5) is 5.01. The van der Waals surface area contributed by atoms with Gasteiger partial charge in [0.2, 0.25) is 0 Å². The molecule has 3 aliphatic rings. The third-order valence-electron chi connectivity index (χ3n) is 11.6. The van der Waals surface area contributed by atoms with Crippen LogP contribution in [0, 0.1) is 0 Å². The van der Waals surface area contributed by atoms with Crippen LogP contribution >= 0.6 is 0 Å². The number of benzene rings is 7. The molecule has 51 heavy (non-hydrogen) atoms. The lowest BCUT2D eigenvalue weighted by Crippen LogP contribution is -2.61. The minimum atomic E-state index is -0.118. The van der Waals surface area contributed by atoms with Crippen molar-refractivity contribution in [3.05, 3.63) is 181 Å². The number of hydrogen-bond donors (Lipinski definition) is 0. The Morgan fingerprint density at radius 1 is 0.451 bits per heavy atom. The Kier molecular flexibility index (Phi) is 5.82. The fraction of sp³-hybridized carbons (Fsp3) is 0.0638. The van der Waals surface area contributed by atoms with Crippen LogP contribution in [0.1, 0.15) is 25.0 Å². The molecule has 0 atom stereocenters. The molecule has 0 saturated heterocycles. The first kappa shape index (κ1) is 28.6. The predicted octanol–water partition coefficient (Wildman–Crippen LogP) is 10.0. The van der Waals surface area contributed by atoms with Crippen molar-refractivity contribution < 1.29 is 0 Å². The molecule has 1 aromatic heterocycles. The highest BCUT2D eigenvalue weighted by molar-refractivity contribution is 7.01. The molecule has 3 nitrogen and oxygen atoms in total. The van der Waals surface area contributed by atoms with Gasteiger partial charge < -0.3 is 4.90 Å². The number of anilines is 6. The zero-order valence-electron chi connectivity index (χ0n) is 28.6. The number of hydrogen-bond acceptors (Lipinski definition) is 2. The normalized spacial score (nSPS) is 14.5. The summed E-state index contributed by atoms with van der Waals surface area (Å²) in [5.74, 6) is 1.20. The summed E-state index contributed by atoms with van der Waals surface area (Å²) >= 11 is 0. The Balaban J connectivity index is 1.36. The molecule has 0 spiro atoms. The van der Waals surface area contributed by atoms with Gasteiger partial charge in [0, 0.05) is 44.9 Å². The van der Waals surface area contributed by atoms with E-state index in [1.165, 1.54) is 72.4 Å². The first-order chi connectivity index (χ1) is 25.1. The number of para-hydroxylation sites is 4. The molecule has 240 valence electrons. The zero-order valence-corrected chi connectivity index (χ0v) is 28.6. The van der Waals surface area contributed by atoms with E-state index in [1.54, 1.807) is 0 Å². The Bertz CT molecular complexity index is 2680. The molecular formula is C47H34BN3. The summed E-state index contributed by atoms with van der Waals surface area (Å²) in [6.07, 6.45) is 0.